The number of nitrogens with one attached hydrogen (secondary N) is 3. The van der Waals surface area contributed by atoms with Gasteiger partial charge in [0.2, 0.25) is 0 Å². The number of hydrogen-bond donors (Lipinski definition) is 3. The monoisotopic (exact) mass is 754 g/mol. The molecule has 0 bridgehead atoms. The van der Waals surface area contributed by atoms with Gasteiger partial charge in [0.25, 0.3) is 11.8 Å². The second kappa shape index (κ2) is 13.6. The number of alkyl halides is 2. The molecule has 1 aliphatic rings. The summed E-state index contributed by atoms with van der Waals surface area (Å²) in [5.41, 5.74) is 3.17. The van der Waals surface area contributed by atoms with Crippen LogP contribution in [0.25, 0.3) is 0 Å². The fraction of sp³-hybridized carbons (Fsp3) is 0.276. The van der Waals surface area contributed by atoms with E-state index in [-0.39, 0.29) is 22.6 Å². The van der Waals surface area contributed by atoms with Crippen LogP contribution in [0.4, 0.5) is 15.8 Å². The second-order valence-corrected chi connectivity index (χ2v) is 10.7. The van der Waals surface area contributed by atoms with Gasteiger partial charge in [-0.25, -0.2) is 4.39 Å². The van der Waals surface area contributed by atoms with Crippen molar-refractivity contribution in [2.24, 2.45) is 0 Å². The molecule has 4 rings (SSSR count). The van der Waals surface area contributed by atoms with Crippen molar-refractivity contribution >= 4 is 74.2 Å². The number of nitrogens with zero attached hydrogens (tertiary/aromatic N) is 1. The molecule has 0 saturated carbocycles. The van der Waals surface area contributed by atoms with Gasteiger partial charge >= 0.3 is 0 Å². The highest BCUT2D eigenvalue weighted by Gasteiger charge is 2.23. The summed E-state index contributed by atoms with van der Waals surface area (Å²) in [6.07, 6.45) is 3.14. The Balaban J connectivity index is 1.60. The van der Waals surface area contributed by atoms with E-state index in [2.05, 4.69) is 55.8 Å². The average Bonchev–Trinajstić information content (AvgIpc) is 2.97. The molecule has 1 fully saturated rings. The SMILES string of the molecule is COc1cc(CI)cc(C(=O)Nc2ccc(CI)cc2)c1NC(=O)c1ccc(C(=N)N2CCCCC2)cc1F. The molecule has 7 nitrogen and oxygen atoms in total. The van der Waals surface area contributed by atoms with E-state index in [1.807, 2.05) is 29.2 Å². The van der Waals surface area contributed by atoms with Gasteiger partial charge in [0.05, 0.1) is 23.9 Å². The van der Waals surface area contributed by atoms with Crippen molar-refractivity contribution in [3.8, 4) is 5.75 Å². The van der Waals surface area contributed by atoms with Gasteiger partial charge < -0.3 is 20.3 Å². The zero-order chi connectivity index (χ0) is 27.9. The Bertz CT molecular complexity index is 1380. The standard InChI is InChI=1S/C29H29FI2N4O3/c1-39-25-14-19(17-32)13-23(29(38)34-21-8-5-18(16-31)6-9-21)26(25)35-28(37)22-10-7-20(15-24(22)30)27(33)36-11-3-2-4-12-36/h5-10,13-15,33H,2-4,11-12,16-17H2,1H3,(H,34,38)(H,35,37). The first kappa shape index (κ1) is 29.2. The van der Waals surface area contributed by atoms with Crippen molar-refractivity contribution in [2.45, 2.75) is 28.1 Å². The molecule has 39 heavy (non-hydrogen) atoms. The van der Waals surface area contributed by atoms with Gasteiger partial charge in [-0.15, -0.1) is 0 Å². The van der Waals surface area contributed by atoms with E-state index in [4.69, 9.17) is 10.1 Å². The van der Waals surface area contributed by atoms with Crippen molar-refractivity contribution in [3.63, 3.8) is 0 Å². The topological polar surface area (TPSA) is 94.5 Å². The van der Waals surface area contributed by atoms with Crippen LogP contribution in [0.3, 0.4) is 0 Å². The smallest absolute Gasteiger partial charge is 0.258 e. The number of ether oxygens (including phenoxy) is 1. The first-order valence-electron chi connectivity index (χ1n) is 12.5. The summed E-state index contributed by atoms with van der Waals surface area (Å²) in [6, 6.07) is 15.1. The lowest BCUT2D eigenvalue weighted by Gasteiger charge is -2.29. The molecule has 1 saturated heterocycles. The van der Waals surface area contributed by atoms with Crippen LogP contribution >= 0.6 is 45.2 Å². The van der Waals surface area contributed by atoms with Crippen molar-refractivity contribution < 1.29 is 18.7 Å². The van der Waals surface area contributed by atoms with Crippen LogP contribution in [0, 0.1) is 11.2 Å². The number of carbonyl (C=O) groups excluding carboxylic acids is 2. The van der Waals surface area contributed by atoms with Crippen molar-refractivity contribution in [3.05, 3.63) is 88.2 Å². The molecule has 0 radical (unpaired) electrons. The summed E-state index contributed by atoms with van der Waals surface area (Å²) in [5, 5.41) is 14.0. The number of hydrogen-bond acceptors (Lipinski definition) is 4. The number of methoxy groups -OCH3 is 1. The molecule has 0 atom stereocenters. The molecular weight excluding hydrogens is 725 g/mol. The molecule has 2 amide bonds. The minimum atomic E-state index is -0.740. The quantitative estimate of drug-likeness (QED) is 0.0999. The highest BCUT2D eigenvalue weighted by Crippen LogP contribution is 2.33. The van der Waals surface area contributed by atoms with Gasteiger partial charge in [-0.3, -0.25) is 15.0 Å². The van der Waals surface area contributed by atoms with Crippen molar-refractivity contribution in [2.75, 3.05) is 30.8 Å². The Hall–Kier alpha value is -2.74. The van der Waals surface area contributed by atoms with Crippen molar-refractivity contribution in [1.82, 2.24) is 4.90 Å². The predicted molar refractivity (Wildman–Crippen MR) is 169 cm³/mol. The van der Waals surface area contributed by atoms with E-state index in [9.17, 15) is 9.59 Å². The van der Waals surface area contributed by atoms with Crippen LogP contribution in [0.15, 0.2) is 54.6 Å². The molecule has 1 heterocycles. The van der Waals surface area contributed by atoms with E-state index in [1.54, 1.807) is 18.2 Å². The number of amidine groups is 1. The van der Waals surface area contributed by atoms with Crippen LogP contribution in [-0.2, 0) is 8.86 Å². The predicted octanol–water partition coefficient (Wildman–Crippen LogP) is 7.02. The number of amides is 2. The largest absolute Gasteiger partial charge is 0.495 e. The van der Waals surface area contributed by atoms with Crippen LogP contribution in [0.1, 0.15) is 56.7 Å². The zero-order valence-corrected chi connectivity index (χ0v) is 25.8. The molecule has 0 spiro atoms. The van der Waals surface area contributed by atoms with Crippen LogP contribution in [0.5, 0.6) is 5.75 Å². The summed E-state index contributed by atoms with van der Waals surface area (Å²) >= 11 is 4.46. The first-order chi connectivity index (χ1) is 18.8. The fourth-order valence-corrected chi connectivity index (χ4v) is 5.37. The van der Waals surface area contributed by atoms with E-state index >= 15 is 4.39 Å². The maximum atomic E-state index is 15.2. The van der Waals surface area contributed by atoms with Gasteiger partial charge in [0, 0.05) is 33.2 Å². The van der Waals surface area contributed by atoms with Crippen LogP contribution in [-0.4, -0.2) is 42.7 Å². The van der Waals surface area contributed by atoms with E-state index in [0.717, 1.165) is 47.9 Å². The Morgan fingerprint density at radius 1 is 0.897 bits per heavy atom. The van der Waals surface area contributed by atoms with Gasteiger partial charge in [0.1, 0.15) is 17.4 Å². The normalized spacial score (nSPS) is 13.1. The third kappa shape index (κ3) is 7.07. The first-order valence-corrected chi connectivity index (χ1v) is 15.6. The number of halogens is 3. The van der Waals surface area contributed by atoms with Gasteiger partial charge in [-0.1, -0.05) is 63.4 Å². The second-order valence-electron chi connectivity index (χ2n) is 9.18. The molecule has 1 aliphatic heterocycles. The lowest BCUT2D eigenvalue weighted by molar-refractivity contribution is 0.102. The molecule has 10 heteroatoms. The average molecular weight is 754 g/mol. The Morgan fingerprint density at radius 2 is 1.56 bits per heavy atom. The van der Waals surface area contributed by atoms with Gasteiger partial charge in [-0.05, 0) is 66.8 Å². The summed E-state index contributed by atoms with van der Waals surface area (Å²) < 4.78 is 22.1. The highest BCUT2D eigenvalue weighted by atomic mass is 127. The minimum Gasteiger partial charge on any atom is -0.495 e. The van der Waals surface area contributed by atoms with Gasteiger partial charge in [-0.2, -0.15) is 0 Å². The molecule has 0 unspecified atom stereocenters. The number of carbonyl (C=O) groups is 2. The summed E-state index contributed by atoms with van der Waals surface area (Å²) in [5.74, 6) is -1.34. The van der Waals surface area contributed by atoms with Crippen molar-refractivity contribution in [1.29, 1.82) is 5.41 Å². The maximum absolute atomic E-state index is 15.2. The maximum Gasteiger partial charge on any atom is 0.258 e. The number of rotatable bonds is 8. The van der Waals surface area contributed by atoms with Gasteiger partial charge in [0.15, 0.2) is 0 Å². The van der Waals surface area contributed by atoms with E-state index in [0.29, 0.717) is 21.4 Å². The Morgan fingerprint density at radius 3 is 2.18 bits per heavy atom. The third-order valence-corrected chi connectivity index (χ3v) is 8.31. The lowest BCUT2D eigenvalue weighted by atomic mass is 10.0. The molecule has 3 aromatic carbocycles. The van der Waals surface area contributed by atoms with Crippen LogP contribution < -0.4 is 15.4 Å². The molecule has 0 aliphatic carbocycles. The molecule has 204 valence electrons. The van der Waals surface area contributed by atoms with E-state index < -0.39 is 17.6 Å². The highest BCUT2D eigenvalue weighted by molar-refractivity contribution is 14.1. The van der Waals surface area contributed by atoms with E-state index in [1.165, 1.54) is 19.2 Å². The molecular formula is C29H29FI2N4O3. The Kier molecular flexibility index (Phi) is 10.2. The number of benzene rings is 3. The zero-order valence-electron chi connectivity index (χ0n) is 21.5. The lowest BCUT2D eigenvalue weighted by Crippen LogP contribution is -2.35. The molecule has 0 aromatic heterocycles. The summed E-state index contributed by atoms with van der Waals surface area (Å²) in [6.45, 7) is 1.53. The third-order valence-electron chi connectivity index (χ3n) is 6.54. The fourth-order valence-electron chi connectivity index (χ4n) is 4.42. The number of likely N-dealkylation sites (tertiary alicyclic amines) is 1. The minimum absolute atomic E-state index is 0.155. The summed E-state index contributed by atoms with van der Waals surface area (Å²) in [7, 11) is 1.45. The summed E-state index contributed by atoms with van der Waals surface area (Å²) in [4.78, 5) is 28.5. The Labute approximate surface area is 254 Å². The molecule has 3 N–H and O–H groups in total. The number of anilines is 2. The van der Waals surface area contributed by atoms with Crippen LogP contribution in [0.2, 0.25) is 0 Å². The molecule has 3 aromatic rings. The number of piperidine rings is 1.